The van der Waals surface area contributed by atoms with Crippen LogP contribution in [0.4, 0.5) is 0 Å². The lowest BCUT2D eigenvalue weighted by atomic mass is 9.89. The Kier molecular flexibility index (Phi) is 6.38. The smallest absolute Gasteiger partial charge is 0.0648 e. The number of hydrogen-bond acceptors (Lipinski definition) is 0. The molecule has 1 atom stereocenters. The van der Waals surface area contributed by atoms with E-state index in [0.29, 0.717) is 11.3 Å². The van der Waals surface area contributed by atoms with E-state index in [2.05, 4.69) is 180 Å². The molecule has 0 fully saturated rings. The van der Waals surface area contributed by atoms with Crippen LogP contribution in [0.1, 0.15) is 33.7 Å². The molecule has 1 unspecified atom stereocenters. The number of benzene rings is 9. The quantitative estimate of drug-likeness (QED) is 0.166. The molecular formula is C56H38N2. The van der Waals surface area contributed by atoms with Gasteiger partial charge < -0.3 is 9.13 Å². The van der Waals surface area contributed by atoms with Gasteiger partial charge in [0.25, 0.3) is 0 Å². The number of aromatic nitrogens is 2. The zero-order valence-corrected chi connectivity index (χ0v) is 31.8. The lowest BCUT2D eigenvalue weighted by Crippen LogP contribution is -1.98. The first-order chi connectivity index (χ1) is 30.4. The summed E-state index contributed by atoms with van der Waals surface area (Å²) in [4.78, 5) is 0. The SMILES string of the molecule is [2H]c1c([2H])c(C)c([2H])c(-n2c3ccc(-c4ccc5c(c4)-c4ccccc4C5c4ccccc4)cc3c3cc(-c4ccc5c(c4)c4ccccc4n5-c4ccccc4)ccc32)c1[2H]. The Morgan fingerprint density at radius 2 is 0.931 bits per heavy atom. The summed E-state index contributed by atoms with van der Waals surface area (Å²) in [5.74, 6) is 0.170. The fourth-order valence-corrected chi connectivity index (χ4v) is 9.55. The molecule has 11 aromatic rings. The van der Waals surface area contributed by atoms with E-state index >= 15 is 0 Å². The van der Waals surface area contributed by atoms with Crippen LogP contribution in [0.3, 0.4) is 0 Å². The highest BCUT2D eigenvalue weighted by atomic mass is 15.0. The van der Waals surface area contributed by atoms with Crippen molar-refractivity contribution >= 4 is 43.6 Å². The molecule has 2 heteroatoms. The average Bonchev–Trinajstić information content (AvgIpc) is 3.95. The lowest BCUT2D eigenvalue weighted by Gasteiger charge is -2.14. The average molecular weight is 743 g/mol. The van der Waals surface area contributed by atoms with Gasteiger partial charge in [0, 0.05) is 38.8 Å². The molecule has 2 heterocycles. The summed E-state index contributed by atoms with van der Waals surface area (Å²) < 4.78 is 39.9. The maximum atomic E-state index is 9.22. The summed E-state index contributed by atoms with van der Waals surface area (Å²) in [5, 5.41) is 4.33. The zero-order valence-electron chi connectivity index (χ0n) is 35.8. The van der Waals surface area contributed by atoms with Crippen molar-refractivity contribution in [3.05, 3.63) is 228 Å². The van der Waals surface area contributed by atoms with Crippen molar-refractivity contribution in [1.82, 2.24) is 9.13 Å². The first-order valence-corrected chi connectivity index (χ1v) is 19.9. The fourth-order valence-electron chi connectivity index (χ4n) is 9.55. The van der Waals surface area contributed by atoms with E-state index in [-0.39, 0.29) is 30.1 Å². The van der Waals surface area contributed by atoms with E-state index < -0.39 is 0 Å². The van der Waals surface area contributed by atoms with Crippen LogP contribution >= 0.6 is 0 Å². The fraction of sp³-hybridized carbons (Fsp3) is 0.0357. The van der Waals surface area contributed by atoms with Gasteiger partial charge in [-0.2, -0.15) is 0 Å². The molecule has 0 saturated heterocycles. The summed E-state index contributed by atoms with van der Waals surface area (Å²) in [6, 6.07) is 64.7. The van der Waals surface area contributed by atoms with Gasteiger partial charge in [-0.3, -0.25) is 0 Å². The Labute approximate surface area is 343 Å². The highest BCUT2D eigenvalue weighted by Crippen LogP contribution is 2.49. The van der Waals surface area contributed by atoms with Gasteiger partial charge in [-0.15, -0.1) is 0 Å². The Hall–Kier alpha value is -7.42. The molecule has 0 amide bonds. The van der Waals surface area contributed by atoms with Crippen molar-refractivity contribution in [2.75, 3.05) is 0 Å². The highest BCUT2D eigenvalue weighted by Gasteiger charge is 2.30. The third-order valence-corrected chi connectivity index (χ3v) is 12.1. The zero-order chi connectivity index (χ0) is 41.8. The van der Waals surface area contributed by atoms with Crippen molar-refractivity contribution in [1.29, 1.82) is 0 Å². The molecule has 1 aliphatic carbocycles. The molecule has 0 N–H and O–H groups in total. The summed E-state index contributed by atoms with van der Waals surface area (Å²) >= 11 is 0. The second-order valence-corrected chi connectivity index (χ2v) is 15.4. The highest BCUT2D eigenvalue weighted by molar-refractivity contribution is 6.13. The topological polar surface area (TPSA) is 9.86 Å². The van der Waals surface area contributed by atoms with E-state index in [9.17, 15) is 1.37 Å². The van der Waals surface area contributed by atoms with Crippen molar-refractivity contribution < 1.29 is 5.48 Å². The number of rotatable bonds is 5. The van der Waals surface area contributed by atoms with Crippen LogP contribution < -0.4 is 0 Å². The molecule has 272 valence electrons. The van der Waals surface area contributed by atoms with Crippen LogP contribution in [0, 0.1) is 6.92 Å². The van der Waals surface area contributed by atoms with Gasteiger partial charge in [-0.1, -0.05) is 133 Å². The first-order valence-electron chi connectivity index (χ1n) is 21.9. The molecule has 12 rings (SSSR count). The molecular weight excluding hydrogens is 701 g/mol. The predicted molar refractivity (Wildman–Crippen MR) is 244 cm³/mol. The summed E-state index contributed by atoms with van der Waals surface area (Å²) in [5.41, 5.74) is 16.5. The van der Waals surface area contributed by atoms with Crippen molar-refractivity contribution in [3.8, 4) is 44.8 Å². The largest absolute Gasteiger partial charge is 0.309 e. The number of para-hydroxylation sites is 2. The van der Waals surface area contributed by atoms with Gasteiger partial charge in [0.05, 0.1) is 27.5 Å². The normalized spacial score (nSPS) is 14.4. The molecule has 0 saturated carbocycles. The van der Waals surface area contributed by atoms with Crippen molar-refractivity contribution in [2.24, 2.45) is 0 Å². The van der Waals surface area contributed by atoms with Gasteiger partial charge in [-0.25, -0.2) is 0 Å². The van der Waals surface area contributed by atoms with Crippen LogP contribution in [-0.4, -0.2) is 9.13 Å². The van der Waals surface area contributed by atoms with Crippen LogP contribution in [0.15, 0.2) is 206 Å². The third-order valence-electron chi connectivity index (χ3n) is 12.1. The van der Waals surface area contributed by atoms with Gasteiger partial charge in [0.2, 0.25) is 0 Å². The van der Waals surface area contributed by atoms with E-state index in [0.717, 1.165) is 60.8 Å². The van der Waals surface area contributed by atoms with Crippen LogP contribution in [0.2, 0.25) is 0 Å². The van der Waals surface area contributed by atoms with E-state index in [1.54, 1.807) is 6.92 Å². The van der Waals surface area contributed by atoms with Crippen LogP contribution in [0.25, 0.3) is 88.4 Å². The van der Waals surface area contributed by atoms with E-state index in [1.165, 1.54) is 38.6 Å². The molecule has 0 bridgehead atoms. The van der Waals surface area contributed by atoms with Gasteiger partial charge in [-0.05, 0) is 135 Å². The minimum absolute atomic E-state index is 0.0780. The predicted octanol–water partition coefficient (Wildman–Crippen LogP) is 14.7. The summed E-state index contributed by atoms with van der Waals surface area (Å²) in [6.07, 6.45) is 0. The monoisotopic (exact) mass is 742 g/mol. The van der Waals surface area contributed by atoms with E-state index in [4.69, 9.17) is 4.11 Å². The molecule has 2 nitrogen and oxygen atoms in total. The minimum atomic E-state index is -0.174. The first kappa shape index (κ1) is 28.9. The molecule has 0 spiro atoms. The Morgan fingerprint density at radius 1 is 0.414 bits per heavy atom. The second-order valence-electron chi connectivity index (χ2n) is 15.4. The Balaban J connectivity index is 1.07. The Morgan fingerprint density at radius 3 is 1.64 bits per heavy atom. The van der Waals surface area contributed by atoms with Crippen LogP contribution in [-0.2, 0) is 0 Å². The van der Waals surface area contributed by atoms with Gasteiger partial charge in [0.15, 0.2) is 0 Å². The Bertz CT molecular complexity index is 3610. The molecule has 0 aliphatic heterocycles. The van der Waals surface area contributed by atoms with Gasteiger partial charge in [0.1, 0.15) is 0 Å². The lowest BCUT2D eigenvalue weighted by molar-refractivity contribution is 1.02. The number of hydrogen-bond donors (Lipinski definition) is 0. The standard InChI is InChI=1S/C56H38N2/c1-36-13-12-18-43(31-36)58-54-29-25-40(38-23-27-47-48(32-38)44-19-8-9-21-46(44)56(47)37-14-4-2-5-15-37)34-50(54)51-35-41(26-30-55(51)58)39-24-28-53-49(33-39)45-20-10-11-22-52(45)57(53)42-16-6-3-7-17-42/h2-35,56H,1H3/i12D,13D,18D,31D. The molecule has 1 aliphatic rings. The van der Waals surface area contributed by atoms with Crippen molar-refractivity contribution in [3.63, 3.8) is 0 Å². The molecule has 2 aromatic heterocycles. The minimum Gasteiger partial charge on any atom is -0.309 e. The second kappa shape index (κ2) is 12.8. The van der Waals surface area contributed by atoms with Crippen LogP contribution in [0.5, 0.6) is 0 Å². The van der Waals surface area contributed by atoms with E-state index in [1.807, 2.05) is 10.6 Å². The maximum absolute atomic E-state index is 9.22. The number of nitrogens with zero attached hydrogens (tertiary/aromatic N) is 2. The van der Waals surface area contributed by atoms with Crippen molar-refractivity contribution in [2.45, 2.75) is 12.8 Å². The molecule has 0 radical (unpaired) electrons. The summed E-state index contributed by atoms with van der Waals surface area (Å²) in [6.45, 7) is 1.70. The molecule has 9 aromatic carbocycles. The van der Waals surface area contributed by atoms with Gasteiger partial charge >= 0.3 is 0 Å². The third kappa shape index (κ3) is 4.98. The summed E-state index contributed by atoms with van der Waals surface area (Å²) in [7, 11) is 0. The number of fused-ring (bicyclic) bond motifs is 9. The molecule has 58 heavy (non-hydrogen) atoms. The maximum Gasteiger partial charge on any atom is 0.0648 e.